The molecule has 1 unspecified atom stereocenters. The number of aromatic hydroxyl groups is 1. The number of allylic oxidation sites excluding steroid dienone is 1. The van der Waals surface area contributed by atoms with Crippen LogP contribution in [0.5, 0.6) is 5.88 Å². The predicted octanol–water partition coefficient (Wildman–Crippen LogP) is 2.26. The molecule has 1 aromatic heterocycles. The monoisotopic (exact) mass is 357 g/mol. The second-order valence-corrected chi connectivity index (χ2v) is 6.33. The fourth-order valence-corrected chi connectivity index (χ4v) is 3.43. The van der Waals surface area contributed by atoms with E-state index in [1.54, 1.807) is 0 Å². The Morgan fingerprint density at radius 1 is 1.44 bits per heavy atom. The number of fused-ring (bicyclic) bond motifs is 1. The smallest absolute Gasteiger partial charge is 0.266 e. The molecule has 0 saturated carbocycles. The summed E-state index contributed by atoms with van der Waals surface area (Å²) in [6.45, 7) is 4.55. The van der Waals surface area contributed by atoms with Gasteiger partial charge in [0.15, 0.2) is 10.6 Å². The largest absolute Gasteiger partial charge is 0.494 e. The molecule has 0 saturated heterocycles. The van der Waals surface area contributed by atoms with Gasteiger partial charge in [-0.05, 0) is 36.3 Å². The van der Waals surface area contributed by atoms with Crippen LogP contribution in [0.2, 0.25) is 0 Å². The van der Waals surface area contributed by atoms with E-state index in [-0.39, 0.29) is 29.3 Å². The molecule has 0 amide bonds. The Kier molecular flexibility index (Phi) is 4.96. The number of nitrogens with one attached hydrogen (secondary N) is 2. The molecule has 0 fully saturated rings. The molecular formula is C18H19N3O3S. The molecule has 1 aliphatic rings. The topological polar surface area (TPSA) is 87.1 Å². The highest BCUT2D eigenvalue weighted by Crippen LogP contribution is 2.27. The zero-order valence-electron chi connectivity index (χ0n) is 13.6. The Morgan fingerprint density at radius 2 is 2.20 bits per heavy atom. The first kappa shape index (κ1) is 17.3. The van der Waals surface area contributed by atoms with Gasteiger partial charge in [0.2, 0.25) is 5.88 Å². The highest BCUT2D eigenvalue weighted by molar-refractivity contribution is 7.71. The Morgan fingerprint density at radius 3 is 2.96 bits per heavy atom. The molecule has 25 heavy (non-hydrogen) atoms. The minimum absolute atomic E-state index is 0.0556. The highest BCUT2D eigenvalue weighted by atomic mass is 32.1. The Hall–Kier alpha value is -2.51. The lowest BCUT2D eigenvalue weighted by atomic mass is 9.90. The maximum absolute atomic E-state index is 12.7. The number of carbonyl (C=O) groups excluding carboxylic acids is 1. The van der Waals surface area contributed by atoms with Crippen molar-refractivity contribution in [1.29, 1.82) is 0 Å². The minimum Gasteiger partial charge on any atom is -0.494 e. The van der Waals surface area contributed by atoms with Gasteiger partial charge < -0.3 is 10.4 Å². The van der Waals surface area contributed by atoms with Gasteiger partial charge in [0.1, 0.15) is 5.56 Å². The van der Waals surface area contributed by atoms with E-state index in [0.29, 0.717) is 0 Å². The summed E-state index contributed by atoms with van der Waals surface area (Å²) in [5, 5.41) is 13.7. The number of hydrogen-bond acceptors (Lipinski definition) is 5. The number of Topliss-reactive ketones (excluding diaryl/α,β-unsaturated/α-hetero) is 1. The number of nitrogens with zero attached hydrogens (tertiary/aromatic N) is 1. The van der Waals surface area contributed by atoms with Crippen molar-refractivity contribution < 1.29 is 9.90 Å². The third-order valence-corrected chi connectivity index (χ3v) is 4.69. The Balaban J connectivity index is 1.95. The second kappa shape index (κ2) is 7.16. The Bertz CT molecular complexity index is 945. The van der Waals surface area contributed by atoms with Gasteiger partial charge in [-0.1, -0.05) is 30.3 Å². The van der Waals surface area contributed by atoms with Gasteiger partial charge in [0.25, 0.3) is 5.56 Å². The lowest BCUT2D eigenvalue weighted by molar-refractivity contribution is 0.0961. The highest BCUT2D eigenvalue weighted by Gasteiger charge is 2.26. The van der Waals surface area contributed by atoms with Crippen molar-refractivity contribution in [1.82, 2.24) is 14.9 Å². The molecule has 130 valence electrons. The first-order valence-electron chi connectivity index (χ1n) is 8.04. The average Bonchev–Trinajstić information content (AvgIpc) is 2.59. The average molecular weight is 357 g/mol. The number of ketones is 1. The normalized spacial score (nSPS) is 16.2. The van der Waals surface area contributed by atoms with Crippen molar-refractivity contribution >= 4 is 18.0 Å². The van der Waals surface area contributed by atoms with Gasteiger partial charge in [0.05, 0.1) is 0 Å². The zero-order chi connectivity index (χ0) is 18.0. The van der Waals surface area contributed by atoms with E-state index >= 15 is 0 Å². The van der Waals surface area contributed by atoms with Crippen molar-refractivity contribution in [2.24, 2.45) is 0 Å². The third kappa shape index (κ3) is 3.33. The maximum Gasteiger partial charge on any atom is 0.266 e. The standard InChI is InChI=1S/C18H19N3O3S/c1-2-9-21-17(24)15(16(23)20-18(21)25)14(22)10-13-12-6-4-3-5-11(12)7-8-19-13/h2-6,13,19,24H,1,7-10H2,(H,20,23,25). The predicted molar refractivity (Wildman–Crippen MR) is 97.6 cm³/mol. The molecule has 1 aliphatic heterocycles. The lowest BCUT2D eigenvalue weighted by Gasteiger charge is -2.26. The van der Waals surface area contributed by atoms with E-state index in [4.69, 9.17) is 12.2 Å². The fraction of sp³-hybridized carbons (Fsp3) is 0.278. The van der Waals surface area contributed by atoms with Crippen LogP contribution < -0.4 is 10.9 Å². The first-order chi connectivity index (χ1) is 12.0. The molecule has 3 rings (SSSR count). The summed E-state index contributed by atoms with van der Waals surface area (Å²) >= 11 is 5.03. The van der Waals surface area contributed by atoms with Gasteiger partial charge in [0, 0.05) is 19.0 Å². The van der Waals surface area contributed by atoms with Gasteiger partial charge >= 0.3 is 0 Å². The van der Waals surface area contributed by atoms with E-state index in [1.807, 2.05) is 24.3 Å². The van der Waals surface area contributed by atoms with Crippen LogP contribution in [0, 0.1) is 4.77 Å². The van der Waals surface area contributed by atoms with Crippen LogP contribution in [-0.2, 0) is 13.0 Å². The van der Waals surface area contributed by atoms with Crippen molar-refractivity contribution in [3.05, 3.63) is 68.7 Å². The summed E-state index contributed by atoms with van der Waals surface area (Å²) in [6, 6.07) is 7.74. The minimum atomic E-state index is -0.670. The SMILES string of the molecule is C=CCn1c(O)c(C(=O)CC2NCCc3ccccc32)c(=O)[nH]c1=S. The molecule has 0 spiro atoms. The van der Waals surface area contributed by atoms with Gasteiger partial charge in [-0.2, -0.15) is 0 Å². The summed E-state index contributed by atoms with van der Waals surface area (Å²) in [5.41, 5.74) is 1.31. The van der Waals surface area contributed by atoms with Crippen LogP contribution in [0.1, 0.15) is 33.9 Å². The fourth-order valence-electron chi connectivity index (χ4n) is 3.17. The van der Waals surface area contributed by atoms with Crippen molar-refractivity contribution in [2.75, 3.05) is 6.54 Å². The van der Waals surface area contributed by atoms with Crippen LogP contribution in [0.3, 0.4) is 0 Å². The third-order valence-electron chi connectivity index (χ3n) is 4.37. The molecule has 2 heterocycles. The molecule has 0 aliphatic carbocycles. The summed E-state index contributed by atoms with van der Waals surface area (Å²) in [6.07, 6.45) is 2.51. The summed E-state index contributed by atoms with van der Waals surface area (Å²) < 4.78 is 1.33. The van der Waals surface area contributed by atoms with Crippen LogP contribution in [0.15, 0.2) is 41.7 Å². The van der Waals surface area contributed by atoms with Crippen LogP contribution in [0.25, 0.3) is 0 Å². The second-order valence-electron chi connectivity index (χ2n) is 5.94. The lowest BCUT2D eigenvalue weighted by Crippen LogP contribution is -2.32. The molecule has 7 heteroatoms. The van der Waals surface area contributed by atoms with Gasteiger partial charge in [-0.3, -0.25) is 19.1 Å². The molecule has 6 nitrogen and oxygen atoms in total. The molecule has 0 radical (unpaired) electrons. The van der Waals surface area contributed by atoms with Crippen LogP contribution in [-0.4, -0.2) is 27.0 Å². The molecule has 1 aromatic carbocycles. The van der Waals surface area contributed by atoms with Crippen LogP contribution >= 0.6 is 12.2 Å². The van der Waals surface area contributed by atoms with Crippen molar-refractivity contribution in [3.8, 4) is 5.88 Å². The number of carbonyl (C=O) groups is 1. The molecule has 1 atom stereocenters. The molecule has 3 N–H and O–H groups in total. The van der Waals surface area contributed by atoms with E-state index in [0.717, 1.165) is 18.5 Å². The number of aromatic nitrogens is 2. The maximum atomic E-state index is 12.7. The number of hydrogen-bond donors (Lipinski definition) is 3. The van der Waals surface area contributed by atoms with Crippen molar-refractivity contribution in [3.63, 3.8) is 0 Å². The molecule has 2 aromatic rings. The van der Waals surface area contributed by atoms with Gasteiger partial charge in [-0.25, -0.2) is 0 Å². The Labute approximate surface area is 149 Å². The van der Waals surface area contributed by atoms with Crippen LogP contribution in [0.4, 0.5) is 0 Å². The van der Waals surface area contributed by atoms with Gasteiger partial charge in [-0.15, -0.1) is 6.58 Å². The number of aromatic amines is 1. The summed E-state index contributed by atoms with van der Waals surface area (Å²) in [4.78, 5) is 27.4. The van der Waals surface area contributed by atoms with E-state index in [1.165, 1.54) is 16.2 Å². The molecular weight excluding hydrogens is 338 g/mol. The number of rotatable bonds is 5. The number of H-pyrrole nitrogens is 1. The van der Waals surface area contributed by atoms with E-state index in [9.17, 15) is 14.7 Å². The summed E-state index contributed by atoms with van der Waals surface area (Å²) in [7, 11) is 0. The quantitative estimate of drug-likeness (QED) is 0.434. The first-order valence-corrected chi connectivity index (χ1v) is 8.45. The van der Waals surface area contributed by atoms with E-state index in [2.05, 4.69) is 16.9 Å². The summed E-state index contributed by atoms with van der Waals surface area (Å²) in [5.74, 6) is -0.844. The number of benzene rings is 1. The van der Waals surface area contributed by atoms with Crippen molar-refractivity contribution in [2.45, 2.75) is 25.4 Å². The molecule has 0 bridgehead atoms. The zero-order valence-corrected chi connectivity index (χ0v) is 14.4. The van der Waals surface area contributed by atoms with E-state index < -0.39 is 17.2 Å².